The molecule has 0 amide bonds. The number of nitrogens with two attached hydrogens (primary N) is 1. The van der Waals surface area contributed by atoms with Crippen molar-refractivity contribution in [1.29, 1.82) is 0 Å². The second-order valence-corrected chi connectivity index (χ2v) is 6.80. The fourth-order valence-corrected chi connectivity index (χ4v) is 3.11. The van der Waals surface area contributed by atoms with Gasteiger partial charge < -0.3 is 10.5 Å². The van der Waals surface area contributed by atoms with Crippen molar-refractivity contribution in [1.82, 2.24) is 0 Å². The first-order valence-corrected chi connectivity index (χ1v) is 7.35. The zero-order valence-corrected chi connectivity index (χ0v) is 11.9. The van der Waals surface area contributed by atoms with Crippen LogP contribution in [0.4, 0.5) is 0 Å². The van der Waals surface area contributed by atoms with Crippen molar-refractivity contribution in [3.8, 4) is 0 Å². The van der Waals surface area contributed by atoms with E-state index in [0.29, 0.717) is 12.5 Å². The number of hydrogen-bond donors (Lipinski definition) is 1. The van der Waals surface area contributed by atoms with Gasteiger partial charge in [0, 0.05) is 6.04 Å². The molecule has 2 aliphatic rings. The number of ether oxygens (including phenoxy) is 1. The van der Waals surface area contributed by atoms with Crippen molar-refractivity contribution in [3.63, 3.8) is 0 Å². The molecule has 104 valence electrons. The Labute approximate surface area is 110 Å². The molecule has 0 bridgehead atoms. The normalized spacial score (nSPS) is 35.2. The molecule has 0 saturated heterocycles. The maximum Gasteiger partial charge on any atom is 0.309 e. The Morgan fingerprint density at radius 3 is 2.56 bits per heavy atom. The first-order chi connectivity index (χ1) is 8.43. The Balaban J connectivity index is 1.87. The Bertz CT molecular complexity index is 310. The molecule has 0 spiro atoms. The van der Waals surface area contributed by atoms with Gasteiger partial charge in [-0.3, -0.25) is 4.79 Å². The minimum absolute atomic E-state index is 0.000556. The van der Waals surface area contributed by atoms with Gasteiger partial charge in [-0.25, -0.2) is 0 Å². The van der Waals surface area contributed by atoms with Gasteiger partial charge in [0.2, 0.25) is 0 Å². The molecule has 2 N–H and O–H groups in total. The first-order valence-electron chi connectivity index (χ1n) is 7.35. The van der Waals surface area contributed by atoms with E-state index in [9.17, 15) is 4.79 Å². The maximum absolute atomic E-state index is 12.2. The van der Waals surface area contributed by atoms with Gasteiger partial charge >= 0.3 is 5.97 Å². The van der Waals surface area contributed by atoms with Crippen LogP contribution in [-0.2, 0) is 9.53 Å². The van der Waals surface area contributed by atoms with Gasteiger partial charge in [0.05, 0.1) is 12.5 Å². The van der Waals surface area contributed by atoms with E-state index in [-0.39, 0.29) is 23.3 Å². The largest absolute Gasteiger partial charge is 0.465 e. The lowest BCUT2D eigenvalue weighted by molar-refractivity contribution is -0.157. The third-order valence-electron chi connectivity index (χ3n) is 5.25. The summed E-state index contributed by atoms with van der Waals surface area (Å²) >= 11 is 0. The highest BCUT2D eigenvalue weighted by Gasteiger charge is 2.45. The summed E-state index contributed by atoms with van der Waals surface area (Å²) in [6, 6.07) is 0.218. The summed E-state index contributed by atoms with van der Waals surface area (Å²) < 4.78 is 5.47. The van der Waals surface area contributed by atoms with Crippen molar-refractivity contribution < 1.29 is 9.53 Å². The number of esters is 1. The molecule has 0 aromatic rings. The summed E-state index contributed by atoms with van der Waals surface area (Å²) in [5.74, 6) is 1.21. The van der Waals surface area contributed by atoms with Crippen LogP contribution in [0.2, 0.25) is 0 Å². The lowest BCUT2D eigenvalue weighted by Crippen LogP contribution is -2.49. The Kier molecular flexibility index (Phi) is 4.00. The molecular formula is C15H27NO2. The third kappa shape index (κ3) is 2.87. The fraction of sp³-hybridized carbons (Fsp3) is 0.933. The molecule has 0 aromatic carbocycles. The second-order valence-electron chi connectivity index (χ2n) is 6.80. The lowest BCUT2D eigenvalue weighted by atomic mass is 9.61. The van der Waals surface area contributed by atoms with E-state index in [1.165, 1.54) is 12.8 Å². The fourth-order valence-electron chi connectivity index (χ4n) is 3.11. The second kappa shape index (κ2) is 5.20. The molecule has 0 aliphatic heterocycles. The predicted octanol–water partition coefficient (Wildman–Crippen LogP) is 2.73. The van der Waals surface area contributed by atoms with E-state index >= 15 is 0 Å². The van der Waals surface area contributed by atoms with Gasteiger partial charge in [0.25, 0.3) is 0 Å². The van der Waals surface area contributed by atoms with Crippen LogP contribution in [0, 0.1) is 23.2 Å². The van der Waals surface area contributed by atoms with Crippen molar-refractivity contribution in [2.24, 2.45) is 28.9 Å². The van der Waals surface area contributed by atoms with E-state index < -0.39 is 0 Å². The summed E-state index contributed by atoms with van der Waals surface area (Å²) in [6.07, 6.45) is 5.50. The average Bonchev–Trinajstić information content (AvgIpc) is 3.10. The monoisotopic (exact) mass is 253 g/mol. The quantitative estimate of drug-likeness (QED) is 0.784. The third-order valence-corrected chi connectivity index (χ3v) is 5.25. The summed E-state index contributed by atoms with van der Waals surface area (Å²) in [7, 11) is 0. The molecular weight excluding hydrogens is 226 g/mol. The van der Waals surface area contributed by atoms with Gasteiger partial charge in [-0.15, -0.1) is 0 Å². The number of rotatable bonds is 4. The van der Waals surface area contributed by atoms with E-state index in [2.05, 4.69) is 20.8 Å². The highest BCUT2D eigenvalue weighted by molar-refractivity contribution is 5.73. The molecule has 3 nitrogen and oxygen atoms in total. The van der Waals surface area contributed by atoms with E-state index in [1.807, 2.05) is 0 Å². The molecule has 3 heteroatoms. The first kappa shape index (κ1) is 13.9. The molecule has 18 heavy (non-hydrogen) atoms. The number of carbonyl (C=O) groups excluding carboxylic acids is 1. The van der Waals surface area contributed by atoms with Crippen molar-refractivity contribution in [2.75, 3.05) is 6.61 Å². The SMILES string of the molecule is CC1C(N)CCC(C(=O)OCCC2CC2)C1(C)C. The molecule has 2 rings (SSSR count). The van der Waals surface area contributed by atoms with Crippen LogP contribution >= 0.6 is 0 Å². The predicted molar refractivity (Wildman–Crippen MR) is 71.9 cm³/mol. The molecule has 0 aromatic heterocycles. The summed E-state index contributed by atoms with van der Waals surface area (Å²) in [5.41, 5.74) is 6.06. The smallest absolute Gasteiger partial charge is 0.309 e. The Hall–Kier alpha value is -0.570. The molecule has 3 unspecified atom stereocenters. The minimum atomic E-state index is -0.0473. The van der Waals surface area contributed by atoms with Gasteiger partial charge in [-0.05, 0) is 36.5 Å². The zero-order valence-electron chi connectivity index (χ0n) is 11.9. The van der Waals surface area contributed by atoms with Crippen molar-refractivity contribution in [3.05, 3.63) is 0 Å². The molecule has 2 saturated carbocycles. The van der Waals surface area contributed by atoms with Crippen LogP contribution in [0.5, 0.6) is 0 Å². The standard InChI is InChI=1S/C15H27NO2/c1-10-13(16)7-6-12(15(10,2)3)14(17)18-9-8-11-4-5-11/h10-13H,4-9,16H2,1-3H3. The highest BCUT2D eigenvalue weighted by atomic mass is 16.5. The van der Waals surface area contributed by atoms with Crippen LogP contribution in [-0.4, -0.2) is 18.6 Å². The van der Waals surface area contributed by atoms with Crippen molar-refractivity contribution >= 4 is 5.97 Å². The highest BCUT2D eigenvalue weighted by Crippen LogP contribution is 2.45. The minimum Gasteiger partial charge on any atom is -0.465 e. The average molecular weight is 253 g/mol. The number of carbonyl (C=O) groups is 1. The van der Waals surface area contributed by atoms with Crippen LogP contribution in [0.3, 0.4) is 0 Å². The molecule has 2 aliphatic carbocycles. The molecule has 0 heterocycles. The van der Waals surface area contributed by atoms with Gasteiger partial charge in [0.15, 0.2) is 0 Å². The van der Waals surface area contributed by atoms with Gasteiger partial charge in [0.1, 0.15) is 0 Å². The lowest BCUT2D eigenvalue weighted by Gasteiger charge is -2.45. The Morgan fingerprint density at radius 2 is 1.94 bits per heavy atom. The van der Waals surface area contributed by atoms with E-state index in [1.54, 1.807) is 0 Å². The Morgan fingerprint density at radius 1 is 1.28 bits per heavy atom. The summed E-state index contributed by atoms with van der Waals surface area (Å²) in [4.78, 5) is 12.2. The number of hydrogen-bond acceptors (Lipinski definition) is 3. The molecule has 0 radical (unpaired) electrons. The van der Waals surface area contributed by atoms with Gasteiger partial charge in [-0.1, -0.05) is 33.6 Å². The van der Waals surface area contributed by atoms with Crippen LogP contribution in [0.15, 0.2) is 0 Å². The van der Waals surface area contributed by atoms with Gasteiger partial charge in [-0.2, -0.15) is 0 Å². The van der Waals surface area contributed by atoms with E-state index in [4.69, 9.17) is 10.5 Å². The zero-order chi connectivity index (χ0) is 13.3. The molecule has 2 fully saturated rings. The van der Waals surface area contributed by atoms with Crippen molar-refractivity contribution in [2.45, 2.75) is 58.9 Å². The maximum atomic E-state index is 12.2. The summed E-state index contributed by atoms with van der Waals surface area (Å²) in [6.45, 7) is 7.08. The van der Waals surface area contributed by atoms with E-state index in [0.717, 1.165) is 25.2 Å². The van der Waals surface area contributed by atoms with Crippen LogP contribution < -0.4 is 5.73 Å². The topological polar surface area (TPSA) is 52.3 Å². The summed E-state index contributed by atoms with van der Waals surface area (Å²) in [5, 5.41) is 0. The molecule has 3 atom stereocenters. The van der Waals surface area contributed by atoms with Crippen LogP contribution in [0.1, 0.15) is 52.9 Å². The van der Waals surface area contributed by atoms with Crippen LogP contribution in [0.25, 0.3) is 0 Å².